The molecule has 1 aliphatic carbocycles. The SMILES string of the molecule is CCOC(CN1CCOC2CCCCC21)OCC. The van der Waals surface area contributed by atoms with Crippen molar-refractivity contribution in [3.63, 3.8) is 0 Å². The minimum atomic E-state index is -0.0827. The van der Waals surface area contributed by atoms with Crippen LogP contribution in [-0.2, 0) is 14.2 Å². The monoisotopic (exact) mass is 257 g/mol. The largest absolute Gasteiger partial charge is 0.375 e. The minimum Gasteiger partial charge on any atom is -0.375 e. The molecule has 0 bridgehead atoms. The Morgan fingerprint density at radius 2 is 1.89 bits per heavy atom. The Labute approximate surface area is 111 Å². The summed E-state index contributed by atoms with van der Waals surface area (Å²) < 4.78 is 17.2. The first-order valence-corrected chi connectivity index (χ1v) is 7.44. The maximum Gasteiger partial charge on any atom is 0.170 e. The summed E-state index contributed by atoms with van der Waals surface area (Å²) in [5.74, 6) is 0. The predicted octanol–water partition coefficient (Wildman–Crippen LogP) is 2.03. The van der Waals surface area contributed by atoms with Gasteiger partial charge in [0.15, 0.2) is 6.29 Å². The van der Waals surface area contributed by atoms with Crippen molar-refractivity contribution >= 4 is 0 Å². The highest BCUT2D eigenvalue weighted by Gasteiger charge is 2.35. The quantitative estimate of drug-likeness (QED) is 0.681. The van der Waals surface area contributed by atoms with Gasteiger partial charge in [-0.3, -0.25) is 4.90 Å². The van der Waals surface area contributed by atoms with Crippen LogP contribution in [0.3, 0.4) is 0 Å². The van der Waals surface area contributed by atoms with Crippen molar-refractivity contribution in [2.75, 3.05) is 32.9 Å². The Bertz CT molecular complexity index is 229. The molecule has 2 rings (SSSR count). The lowest BCUT2D eigenvalue weighted by atomic mass is 9.90. The number of hydrogen-bond donors (Lipinski definition) is 0. The Hall–Kier alpha value is -0.160. The topological polar surface area (TPSA) is 30.9 Å². The lowest BCUT2D eigenvalue weighted by molar-refractivity contribution is -0.170. The maximum absolute atomic E-state index is 5.89. The van der Waals surface area contributed by atoms with Gasteiger partial charge in [-0.25, -0.2) is 0 Å². The molecule has 2 fully saturated rings. The molecule has 4 heteroatoms. The number of morpholine rings is 1. The normalized spacial score (nSPS) is 29.5. The summed E-state index contributed by atoms with van der Waals surface area (Å²) in [6, 6.07) is 0.580. The fourth-order valence-corrected chi connectivity index (χ4v) is 3.12. The van der Waals surface area contributed by atoms with Crippen molar-refractivity contribution in [2.45, 2.75) is 58.0 Å². The molecule has 0 aromatic carbocycles. The summed E-state index contributed by atoms with van der Waals surface area (Å²) >= 11 is 0. The zero-order valence-corrected chi connectivity index (χ0v) is 11.8. The lowest BCUT2D eigenvalue weighted by Crippen LogP contribution is -2.55. The standard InChI is InChI=1S/C14H27NO3/c1-3-16-14(17-4-2)11-15-9-10-18-13-8-6-5-7-12(13)15/h12-14H,3-11H2,1-2H3. The van der Waals surface area contributed by atoms with Crippen LogP contribution in [0.5, 0.6) is 0 Å². The number of hydrogen-bond acceptors (Lipinski definition) is 4. The van der Waals surface area contributed by atoms with E-state index in [4.69, 9.17) is 14.2 Å². The van der Waals surface area contributed by atoms with Crippen molar-refractivity contribution in [1.82, 2.24) is 4.90 Å². The summed E-state index contributed by atoms with van der Waals surface area (Å²) in [5, 5.41) is 0. The molecule has 1 saturated heterocycles. The molecule has 2 unspecified atom stereocenters. The molecule has 1 saturated carbocycles. The van der Waals surface area contributed by atoms with Crippen LogP contribution in [0, 0.1) is 0 Å². The molecule has 0 radical (unpaired) electrons. The molecular formula is C14H27NO3. The van der Waals surface area contributed by atoms with Crippen LogP contribution in [0.1, 0.15) is 39.5 Å². The molecular weight excluding hydrogens is 230 g/mol. The van der Waals surface area contributed by atoms with E-state index in [0.29, 0.717) is 25.4 Å². The molecule has 2 atom stereocenters. The van der Waals surface area contributed by atoms with Gasteiger partial charge < -0.3 is 14.2 Å². The first kappa shape index (κ1) is 14.3. The van der Waals surface area contributed by atoms with Crippen LogP contribution in [0.25, 0.3) is 0 Å². The van der Waals surface area contributed by atoms with E-state index < -0.39 is 0 Å². The first-order chi connectivity index (χ1) is 8.85. The maximum atomic E-state index is 5.89. The van der Waals surface area contributed by atoms with E-state index >= 15 is 0 Å². The minimum absolute atomic E-state index is 0.0827. The van der Waals surface area contributed by atoms with Gasteiger partial charge in [-0.05, 0) is 26.7 Å². The van der Waals surface area contributed by atoms with Gasteiger partial charge in [-0.2, -0.15) is 0 Å². The van der Waals surface area contributed by atoms with Gasteiger partial charge >= 0.3 is 0 Å². The molecule has 106 valence electrons. The lowest BCUT2D eigenvalue weighted by Gasteiger charge is -2.44. The van der Waals surface area contributed by atoms with Gasteiger partial charge in [0.1, 0.15) is 0 Å². The third-order valence-electron chi connectivity index (χ3n) is 3.94. The van der Waals surface area contributed by atoms with Crippen LogP contribution in [-0.4, -0.2) is 56.2 Å². The molecule has 2 aliphatic rings. The Morgan fingerprint density at radius 1 is 1.17 bits per heavy atom. The van der Waals surface area contributed by atoms with Gasteiger partial charge in [-0.1, -0.05) is 12.8 Å². The molecule has 18 heavy (non-hydrogen) atoms. The van der Waals surface area contributed by atoms with Crippen LogP contribution >= 0.6 is 0 Å². The highest BCUT2D eigenvalue weighted by atomic mass is 16.7. The highest BCUT2D eigenvalue weighted by molar-refractivity contribution is 4.87. The molecule has 4 nitrogen and oxygen atoms in total. The van der Waals surface area contributed by atoms with Crippen molar-refractivity contribution < 1.29 is 14.2 Å². The van der Waals surface area contributed by atoms with Gasteiger partial charge in [0.25, 0.3) is 0 Å². The highest BCUT2D eigenvalue weighted by Crippen LogP contribution is 2.28. The molecule has 0 aromatic rings. The second kappa shape index (κ2) is 7.43. The summed E-state index contributed by atoms with van der Waals surface area (Å²) in [4.78, 5) is 2.52. The zero-order valence-electron chi connectivity index (χ0n) is 11.8. The molecule has 1 aliphatic heterocycles. The van der Waals surface area contributed by atoms with Gasteiger partial charge in [0, 0.05) is 32.3 Å². The van der Waals surface area contributed by atoms with Crippen LogP contribution in [0.4, 0.5) is 0 Å². The molecule has 0 N–H and O–H groups in total. The second-order valence-electron chi connectivity index (χ2n) is 5.10. The van der Waals surface area contributed by atoms with Crippen LogP contribution in [0.2, 0.25) is 0 Å². The molecule has 0 aromatic heterocycles. The molecule has 0 amide bonds. The Balaban J connectivity index is 1.88. The molecule has 0 spiro atoms. The summed E-state index contributed by atoms with van der Waals surface area (Å²) in [6.07, 6.45) is 5.48. The van der Waals surface area contributed by atoms with E-state index in [0.717, 1.165) is 19.7 Å². The molecule has 1 heterocycles. The number of rotatable bonds is 6. The third kappa shape index (κ3) is 3.67. The fraction of sp³-hybridized carbons (Fsp3) is 1.00. The van der Waals surface area contributed by atoms with E-state index in [-0.39, 0.29) is 6.29 Å². The smallest absolute Gasteiger partial charge is 0.170 e. The van der Waals surface area contributed by atoms with Crippen molar-refractivity contribution in [3.8, 4) is 0 Å². The average molecular weight is 257 g/mol. The van der Waals surface area contributed by atoms with E-state index in [9.17, 15) is 0 Å². The van der Waals surface area contributed by atoms with E-state index in [1.165, 1.54) is 25.7 Å². The van der Waals surface area contributed by atoms with Crippen LogP contribution < -0.4 is 0 Å². The van der Waals surface area contributed by atoms with Gasteiger partial charge in [0.05, 0.1) is 12.7 Å². The average Bonchev–Trinajstić information content (AvgIpc) is 2.40. The van der Waals surface area contributed by atoms with Crippen molar-refractivity contribution in [1.29, 1.82) is 0 Å². The third-order valence-corrected chi connectivity index (χ3v) is 3.94. The van der Waals surface area contributed by atoms with E-state index in [2.05, 4.69) is 4.90 Å². The summed E-state index contributed by atoms with van der Waals surface area (Å²) in [5.41, 5.74) is 0. The fourth-order valence-electron chi connectivity index (χ4n) is 3.12. The summed E-state index contributed by atoms with van der Waals surface area (Å²) in [7, 11) is 0. The van der Waals surface area contributed by atoms with Crippen LogP contribution in [0.15, 0.2) is 0 Å². The summed E-state index contributed by atoms with van der Waals surface area (Å²) in [6.45, 7) is 8.21. The first-order valence-electron chi connectivity index (χ1n) is 7.44. The number of nitrogens with zero attached hydrogens (tertiary/aromatic N) is 1. The van der Waals surface area contributed by atoms with Gasteiger partial charge in [0.2, 0.25) is 0 Å². The Kier molecular flexibility index (Phi) is 5.89. The second-order valence-corrected chi connectivity index (χ2v) is 5.10. The van der Waals surface area contributed by atoms with E-state index in [1.54, 1.807) is 0 Å². The number of fused-ring (bicyclic) bond motifs is 1. The van der Waals surface area contributed by atoms with Gasteiger partial charge in [-0.15, -0.1) is 0 Å². The Morgan fingerprint density at radius 3 is 2.61 bits per heavy atom. The zero-order chi connectivity index (χ0) is 12.8. The van der Waals surface area contributed by atoms with Crippen molar-refractivity contribution in [3.05, 3.63) is 0 Å². The predicted molar refractivity (Wildman–Crippen MR) is 70.6 cm³/mol. The van der Waals surface area contributed by atoms with E-state index in [1.807, 2.05) is 13.8 Å². The number of ether oxygens (including phenoxy) is 3. The van der Waals surface area contributed by atoms with Crippen molar-refractivity contribution in [2.24, 2.45) is 0 Å².